The van der Waals surface area contributed by atoms with Crippen molar-refractivity contribution in [1.29, 1.82) is 0 Å². The lowest BCUT2D eigenvalue weighted by atomic mass is 9.96. The topological polar surface area (TPSA) is 65.1 Å². The lowest BCUT2D eigenvalue weighted by Crippen LogP contribution is -2.40. The number of amides is 1. The molecule has 1 fully saturated rings. The molecular formula is C22H24FN5O. The van der Waals surface area contributed by atoms with E-state index in [9.17, 15) is 9.18 Å². The maximum Gasteiger partial charge on any atom is 0.270 e. The first-order valence-corrected chi connectivity index (χ1v) is 10.2. The molecular weight excluding hydrogens is 369 g/mol. The summed E-state index contributed by atoms with van der Waals surface area (Å²) in [7, 11) is 2.11. The number of hydrogen-bond acceptors (Lipinski definition) is 4. The minimum atomic E-state index is -0.302. The van der Waals surface area contributed by atoms with Crippen molar-refractivity contribution in [2.75, 3.05) is 26.7 Å². The predicted octanol–water partition coefficient (Wildman–Crippen LogP) is 3.10. The molecule has 1 amide bonds. The van der Waals surface area contributed by atoms with Crippen LogP contribution in [0, 0.1) is 5.82 Å². The van der Waals surface area contributed by atoms with E-state index in [4.69, 9.17) is 4.98 Å². The van der Waals surface area contributed by atoms with Crippen molar-refractivity contribution in [3.63, 3.8) is 0 Å². The van der Waals surface area contributed by atoms with Crippen LogP contribution in [0.25, 0.3) is 10.9 Å². The Hall–Kier alpha value is -2.80. The van der Waals surface area contributed by atoms with E-state index in [0.29, 0.717) is 17.6 Å². The van der Waals surface area contributed by atoms with E-state index in [-0.39, 0.29) is 17.6 Å². The van der Waals surface area contributed by atoms with Crippen molar-refractivity contribution in [2.24, 2.45) is 0 Å². The molecule has 2 aliphatic rings. The molecule has 1 N–H and O–H groups in total. The summed E-state index contributed by atoms with van der Waals surface area (Å²) in [5.74, 6) is 0.652. The zero-order valence-electron chi connectivity index (χ0n) is 16.5. The van der Waals surface area contributed by atoms with Gasteiger partial charge >= 0.3 is 0 Å². The van der Waals surface area contributed by atoms with Crippen LogP contribution in [0.15, 0.2) is 30.5 Å². The number of H-pyrrole nitrogens is 1. The molecule has 5 rings (SSSR count). The molecule has 1 saturated heterocycles. The highest BCUT2D eigenvalue weighted by Gasteiger charge is 2.29. The van der Waals surface area contributed by atoms with Crippen LogP contribution in [0.1, 0.15) is 46.3 Å². The fourth-order valence-corrected chi connectivity index (χ4v) is 4.43. The summed E-state index contributed by atoms with van der Waals surface area (Å²) in [5, 5.41) is 0.713. The summed E-state index contributed by atoms with van der Waals surface area (Å²) < 4.78 is 13.5. The number of rotatable bonds is 2. The molecule has 1 atom stereocenters. The maximum absolute atomic E-state index is 13.5. The number of aromatic amines is 1. The first kappa shape index (κ1) is 18.2. The highest BCUT2D eigenvalue weighted by Crippen LogP contribution is 2.27. The van der Waals surface area contributed by atoms with E-state index in [1.165, 1.54) is 17.7 Å². The van der Waals surface area contributed by atoms with Crippen LogP contribution in [-0.4, -0.2) is 57.3 Å². The highest BCUT2D eigenvalue weighted by molar-refractivity contribution is 5.98. The van der Waals surface area contributed by atoms with Gasteiger partial charge in [-0.25, -0.2) is 14.4 Å². The Labute approximate surface area is 168 Å². The zero-order chi connectivity index (χ0) is 20.0. The largest absolute Gasteiger partial charge is 0.351 e. The number of likely N-dealkylation sites (tertiary alicyclic amines) is 1. The van der Waals surface area contributed by atoms with Crippen LogP contribution < -0.4 is 0 Å². The van der Waals surface area contributed by atoms with Crippen LogP contribution >= 0.6 is 0 Å². The van der Waals surface area contributed by atoms with Crippen molar-refractivity contribution in [3.8, 4) is 0 Å². The second-order valence-electron chi connectivity index (χ2n) is 8.19. The van der Waals surface area contributed by atoms with Crippen molar-refractivity contribution in [2.45, 2.75) is 31.7 Å². The fraction of sp³-hybridized carbons (Fsp3) is 0.409. The van der Waals surface area contributed by atoms with Crippen LogP contribution in [0.5, 0.6) is 0 Å². The first-order chi connectivity index (χ1) is 14.1. The summed E-state index contributed by atoms with van der Waals surface area (Å²) in [6.45, 7) is 3.24. The third kappa shape index (κ3) is 3.51. The molecule has 0 saturated carbocycles. The Bertz CT molecular complexity index is 1080. The number of halogens is 1. The number of fused-ring (bicyclic) bond motifs is 2. The summed E-state index contributed by atoms with van der Waals surface area (Å²) in [5.41, 5.74) is 3.62. The number of hydrogen-bond donors (Lipinski definition) is 1. The number of piperidine rings is 1. The minimum absolute atomic E-state index is 0.0501. The summed E-state index contributed by atoms with van der Waals surface area (Å²) in [6, 6.07) is 6.24. The van der Waals surface area contributed by atoms with E-state index in [1.54, 1.807) is 12.1 Å². The number of nitrogens with zero attached hydrogens (tertiary/aromatic N) is 4. The average molecular weight is 393 g/mol. The van der Waals surface area contributed by atoms with E-state index < -0.39 is 0 Å². The van der Waals surface area contributed by atoms with Gasteiger partial charge in [-0.15, -0.1) is 0 Å². The lowest BCUT2D eigenvalue weighted by molar-refractivity contribution is 0.0699. The van der Waals surface area contributed by atoms with Gasteiger partial charge in [-0.1, -0.05) is 0 Å². The van der Waals surface area contributed by atoms with Crippen LogP contribution in [0.3, 0.4) is 0 Å². The molecule has 150 valence electrons. The van der Waals surface area contributed by atoms with Crippen molar-refractivity contribution in [3.05, 3.63) is 59.1 Å². The van der Waals surface area contributed by atoms with E-state index in [2.05, 4.69) is 21.9 Å². The molecule has 0 spiro atoms. The third-order valence-corrected chi connectivity index (χ3v) is 6.03. The van der Waals surface area contributed by atoms with Crippen molar-refractivity contribution < 1.29 is 9.18 Å². The summed E-state index contributed by atoms with van der Waals surface area (Å²) in [6.07, 6.45) is 4.82. The standard InChI is InChI=1S/C22H24FN5O/c1-27-8-6-19-16(12-27)11-24-21(26-19)14-3-2-7-28(13-14)22(29)20-10-15-9-17(23)4-5-18(15)25-20/h4-5,9-11,14,25H,2-3,6-8,12-13H2,1H3. The first-order valence-electron chi connectivity index (χ1n) is 10.2. The number of likely N-dealkylation sites (N-methyl/N-ethyl adjacent to an activating group) is 1. The Morgan fingerprint density at radius 3 is 3.07 bits per heavy atom. The van der Waals surface area contributed by atoms with Gasteiger partial charge in [0.15, 0.2) is 0 Å². The Morgan fingerprint density at radius 1 is 1.28 bits per heavy atom. The third-order valence-electron chi connectivity index (χ3n) is 6.03. The second kappa shape index (κ2) is 7.22. The van der Waals surface area contributed by atoms with Crippen LogP contribution in [-0.2, 0) is 13.0 Å². The molecule has 3 aromatic rings. The Balaban J connectivity index is 1.35. The average Bonchev–Trinajstić information content (AvgIpc) is 3.16. The van der Waals surface area contributed by atoms with E-state index >= 15 is 0 Å². The van der Waals surface area contributed by atoms with Gasteiger partial charge in [-0.2, -0.15) is 0 Å². The van der Waals surface area contributed by atoms with Crippen molar-refractivity contribution in [1.82, 2.24) is 24.8 Å². The van der Waals surface area contributed by atoms with Crippen molar-refractivity contribution >= 4 is 16.8 Å². The Kier molecular flexibility index (Phi) is 4.54. The number of carbonyl (C=O) groups is 1. The van der Waals surface area contributed by atoms with E-state index in [1.807, 2.05) is 11.1 Å². The van der Waals surface area contributed by atoms with Gasteiger partial charge in [0, 0.05) is 66.9 Å². The molecule has 0 aliphatic carbocycles. The van der Waals surface area contributed by atoms with Gasteiger partial charge in [0.1, 0.15) is 17.3 Å². The van der Waals surface area contributed by atoms with Gasteiger partial charge < -0.3 is 14.8 Å². The highest BCUT2D eigenvalue weighted by atomic mass is 19.1. The minimum Gasteiger partial charge on any atom is -0.351 e. The number of carbonyl (C=O) groups excluding carboxylic acids is 1. The molecule has 2 aromatic heterocycles. The summed E-state index contributed by atoms with van der Waals surface area (Å²) >= 11 is 0. The molecule has 2 aliphatic heterocycles. The van der Waals surface area contributed by atoms with Gasteiger partial charge in [0.05, 0.1) is 0 Å². The summed E-state index contributed by atoms with van der Waals surface area (Å²) in [4.78, 5) is 29.8. The quantitative estimate of drug-likeness (QED) is 0.727. The second-order valence-corrected chi connectivity index (χ2v) is 8.19. The SMILES string of the molecule is CN1CCc2nc(C3CCCN(C(=O)c4cc5cc(F)ccc5[nH]4)C3)ncc2C1. The molecule has 7 heteroatoms. The number of benzene rings is 1. The number of aromatic nitrogens is 3. The van der Waals surface area contributed by atoms with Gasteiger partial charge in [-0.3, -0.25) is 4.79 Å². The molecule has 1 unspecified atom stereocenters. The zero-order valence-corrected chi connectivity index (χ0v) is 16.5. The lowest BCUT2D eigenvalue weighted by Gasteiger charge is -2.32. The van der Waals surface area contributed by atoms with Gasteiger partial charge in [-0.05, 0) is 44.2 Å². The smallest absolute Gasteiger partial charge is 0.270 e. The van der Waals surface area contributed by atoms with Gasteiger partial charge in [0.2, 0.25) is 0 Å². The van der Waals surface area contributed by atoms with E-state index in [0.717, 1.165) is 55.9 Å². The predicted molar refractivity (Wildman–Crippen MR) is 108 cm³/mol. The maximum atomic E-state index is 13.5. The Morgan fingerprint density at radius 2 is 2.17 bits per heavy atom. The molecule has 4 heterocycles. The van der Waals surface area contributed by atoms with Gasteiger partial charge in [0.25, 0.3) is 5.91 Å². The number of nitrogens with one attached hydrogen (secondary N) is 1. The van der Waals surface area contributed by atoms with Crippen LogP contribution in [0.2, 0.25) is 0 Å². The molecule has 0 bridgehead atoms. The normalized spacial score (nSPS) is 20.1. The fourth-order valence-electron chi connectivity index (χ4n) is 4.43. The molecule has 6 nitrogen and oxygen atoms in total. The molecule has 0 radical (unpaired) electrons. The monoisotopic (exact) mass is 393 g/mol. The molecule has 1 aromatic carbocycles. The molecule has 29 heavy (non-hydrogen) atoms. The van der Waals surface area contributed by atoms with Crippen LogP contribution in [0.4, 0.5) is 4.39 Å².